The Morgan fingerprint density at radius 1 is 1.44 bits per heavy atom. The standard InChI is InChI=1S/C14H18BrNO2/c1-10(11-5-7-12(15)8-6-11)16-9-3-4-13(16)14(17)18-2/h5-8,10,13H,3-4,9H2,1-2H3/t10-,13-/m0/s1. The predicted octanol–water partition coefficient (Wildman–Crippen LogP) is 3.15. The molecular weight excluding hydrogens is 294 g/mol. The highest BCUT2D eigenvalue weighted by Gasteiger charge is 2.34. The molecule has 0 aromatic heterocycles. The van der Waals surface area contributed by atoms with Crippen molar-refractivity contribution in [1.29, 1.82) is 0 Å². The average molecular weight is 312 g/mol. The number of nitrogens with zero attached hydrogens (tertiary/aromatic N) is 1. The van der Waals surface area contributed by atoms with Gasteiger partial charge in [0.2, 0.25) is 0 Å². The molecule has 1 aromatic rings. The molecule has 0 aliphatic carbocycles. The molecule has 1 aliphatic rings. The number of methoxy groups -OCH3 is 1. The minimum atomic E-state index is -0.114. The van der Waals surface area contributed by atoms with Gasteiger partial charge in [-0.2, -0.15) is 0 Å². The Morgan fingerprint density at radius 2 is 2.11 bits per heavy atom. The summed E-state index contributed by atoms with van der Waals surface area (Å²) in [5.41, 5.74) is 1.23. The van der Waals surface area contributed by atoms with Gasteiger partial charge in [-0.1, -0.05) is 28.1 Å². The molecule has 4 heteroatoms. The number of hydrogen-bond donors (Lipinski definition) is 0. The van der Waals surface area contributed by atoms with Gasteiger partial charge < -0.3 is 4.74 Å². The molecule has 0 radical (unpaired) electrons. The van der Waals surface area contributed by atoms with E-state index in [0.29, 0.717) is 0 Å². The third-order valence-corrected chi connectivity index (χ3v) is 4.15. The lowest BCUT2D eigenvalue weighted by molar-refractivity contribution is -0.146. The minimum Gasteiger partial charge on any atom is -0.468 e. The molecule has 0 spiro atoms. The van der Waals surface area contributed by atoms with Crippen molar-refractivity contribution in [2.45, 2.75) is 31.8 Å². The van der Waals surface area contributed by atoms with E-state index in [-0.39, 0.29) is 18.1 Å². The van der Waals surface area contributed by atoms with Gasteiger partial charge in [0, 0.05) is 10.5 Å². The smallest absolute Gasteiger partial charge is 0.323 e. The fraction of sp³-hybridized carbons (Fsp3) is 0.500. The monoisotopic (exact) mass is 311 g/mol. The van der Waals surface area contributed by atoms with Crippen LogP contribution in [0.15, 0.2) is 28.7 Å². The Labute approximate surface area is 116 Å². The zero-order chi connectivity index (χ0) is 13.1. The summed E-state index contributed by atoms with van der Waals surface area (Å²) in [6.07, 6.45) is 1.95. The van der Waals surface area contributed by atoms with Crippen LogP contribution in [0.3, 0.4) is 0 Å². The Bertz CT molecular complexity index is 418. The topological polar surface area (TPSA) is 29.5 Å². The van der Waals surface area contributed by atoms with E-state index in [1.54, 1.807) is 0 Å². The highest BCUT2D eigenvalue weighted by Crippen LogP contribution is 2.30. The van der Waals surface area contributed by atoms with Gasteiger partial charge in [0.15, 0.2) is 0 Å². The van der Waals surface area contributed by atoms with E-state index in [1.165, 1.54) is 12.7 Å². The van der Waals surface area contributed by atoms with Crippen LogP contribution in [0, 0.1) is 0 Å². The van der Waals surface area contributed by atoms with E-state index >= 15 is 0 Å². The number of carbonyl (C=O) groups excluding carboxylic acids is 1. The normalized spacial score (nSPS) is 21.8. The van der Waals surface area contributed by atoms with Crippen molar-refractivity contribution in [3.8, 4) is 0 Å². The average Bonchev–Trinajstić information content (AvgIpc) is 2.87. The lowest BCUT2D eigenvalue weighted by Gasteiger charge is -2.29. The highest BCUT2D eigenvalue weighted by molar-refractivity contribution is 9.10. The molecule has 98 valence electrons. The number of esters is 1. The number of likely N-dealkylation sites (tertiary alicyclic amines) is 1. The molecule has 0 saturated carbocycles. The zero-order valence-corrected chi connectivity index (χ0v) is 12.3. The molecule has 2 atom stereocenters. The number of hydrogen-bond acceptors (Lipinski definition) is 3. The first kappa shape index (κ1) is 13.6. The maximum absolute atomic E-state index is 11.7. The van der Waals surface area contributed by atoms with Crippen molar-refractivity contribution in [3.05, 3.63) is 34.3 Å². The van der Waals surface area contributed by atoms with Crippen molar-refractivity contribution >= 4 is 21.9 Å². The molecule has 18 heavy (non-hydrogen) atoms. The summed E-state index contributed by atoms with van der Waals surface area (Å²) in [7, 11) is 1.46. The Morgan fingerprint density at radius 3 is 2.72 bits per heavy atom. The first-order valence-corrected chi connectivity index (χ1v) is 7.02. The fourth-order valence-electron chi connectivity index (χ4n) is 2.57. The summed E-state index contributed by atoms with van der Waals surface area (Å²) in [6, 6.07) is 8.42. The van der Waals surface area contributed by atoms with Crippen molar-refractivity contribution in [1.82, 2.24) is 4.90 Å². The van der Waals surface area contributed by atoms with Crippen LogP contribution in [-0.2, 0) is 9.53 Å². The van der Waals surface area contributed by atoms with E-state index in [4.69, 9.17) is 4.74 Å². The molecule has 3 nitrogen and oxygen atoms in total. The number of rotatable bonds is 3. The first-order valence-electron chi connectivity index (χ1n) is 6.22. The van der Waals surface area contributed by atoms with Crippen molar-refractivity contribution in [2.24, 2.45) is 0 Å². The third-order valence-electron chi connectivity index (χ3n) is 3.62. The third kappa shape index (κ3) is 2.75. The van der Waals surface area contributed by atoms with Gasteiger partial charge in [0.1, 0.15) is 6.04 Å². The molecule has 1 aromatic carbocycles. The quantitative estimate of drug-likeness (QED) is 0.803. The SMILES string of the molecule is COC(=O)[C@@H]1CCCN1[C@@H](C)c1ccc(Br)cc1. The number of halogens is 1. The van der Waals surface area contributed by atoms with Gasteiger partial charge in [0.05, 0.1) is 7.11 Å². The van der Waals surface area contributed by atoms with Gasteiger partial charge >= 0.3 is 5.97 Å². The minimum absolute atomic E-state index is 0.0892. The van der Waals surface area contributed by atoms with Crippen LogP contribution in [0.25, 0.3) is 0 Å². The van der Waals surface area contributed by atoms with Gasteiger partial charge in [-0.05, 0) is 44.0 Å². The summed E-state index contributed by atoms with van der Waals surface area (Å²) >= 11 is 3.44. The maximum atomic E-state index is 11.7. The van der Waals surface area contributed by atoms with E-state index < -0.39 is 0 Å². The lowest BCUT2D eigenvalue weighted by Crippen LogP contribution is -2.38. The Hall–Kier alpha value is -0.870. The first-order chi connectivity index (χ1) is 8.63. The Balaban J connectivity index is 2.14. The molecule has 1 saturated heterocycles. The fourth-order valence-corrected chi connectivity index (χ4v) is 2.84. The predicted molar refractivity (Wildman–Crippen MR) is 74.3 cm³/mol. The summed E-state index contributed by atoms with van der Waals surface area (Å²) in [4.78, 5) is 14.0. The van der Waals surface area contributed by atoms with Gasteiger partial charge in [-0.25, -0.2) is 0 Å². The summed E-state index contributed by atoms with van der Waals surface area (Å²) < 4.78 is 5.95. The second kappa shape index (κ2) is 5.85. The van der Waals surface area contributed by atoms with Crippen LogP contribution in [-0.4, -0.2) is 30.6 Å². The molecule has 0 bridgehead atoms. The molecule has 0 N–H and O–H groups in total. The summed E-state index contributed by atoms with van der Waals surface area (Å²) in [6.45, 7) is 3.10. The molecule has 0 unspecified atom stereocenters. The molecule has 2 rings (SSSR count). The Kier molecular flexibility index (Phi) is 4.40. The van der Waals surface area contributed by atoms with Crippen LogP contribution in [0.1, 0.15) is 31.4 Å². The van der Waals surface area contributed by atoms with E-state index in [9.17, 15) is 4.79 Å². The van der Waals surface area contributed by atoms with Crippen molar-refractivity contribution in [2.75, 3.05) is 13.7 Å². The lowest BCUT2D eigenvalue weighted by atomic mass is 10.1. The van der Waals surface area contributed by atoms with Crippen LogP contribution < -0.4 is 0 Å². The highest BCUT2D eigenvalue weighted by atomic mass is 79.9. The molecule has 1 fully saturated rings. The van der Waals surface area contributed by atoms with Crippen LogP contribution >= 0.6 is 15.9 Å². The largest absolute Gasteiger partial charge is 0.468 e. The summed E-state index contributed by atoms with van der Waals surface area (Å²) in [5.74, 6) is -0.114. The second-order valence-electron chi connectivity index (χ2n) is 4.65. The number of ether oxygens (including phenoxy) is 1. The number of carbonyl (C=O) groups is 1. The van der Waals surface area contributed by atoms with Gasteiger partial charge in [-0.15, -0.1) is 0 Å². The van der Waals surface area contributed by atoms with E-state index in [2.05, 4.69) is 39.9 Å². The van der Waals surface area contributed by atoms with Crippen LogP contribution in [0.2, 0.25) is 0 Å². The number of benzene rings is 1. The van der Waals surface area contributed by atoms with Crippen molar-refractivity contribution in [3.63, 3.8) is 0 Å². The molecule has 0 amide bonds. The second-order valence-corrected chi connectivity index (χ2v) is 5.56. The zero-order valence-electron chi connectivity index (χ0n) is 10.7. The molecule has 1 aliphatic heterocycles. The van der Waals surface area contributed by atoms with Crippen LogP contribution in [0.4, 0.5) is 0 Å². The van der Waals surface area contributed by atoms with Crippen molar-refractivity contribution < 1.29 is 9.53 Å². The molecule has 1 heterocycles. The van der Waals surface area contributed by atoms with Gasteiger partial charge in [0.25, 0.3) is 0 Å². The van der Waals surface area contributed by atoms with E-state index in [1.807, 2.05) is 12.1 Å². The molecular formula is C14H18BrNO2. The summed E-state index contributed by atoms with van der Waals surface area (Å²) in [5, 5.41) is 0. The maximum Gasteiger partial charge on any atom is 0.323 e. The van der Waals surface area contributed by atoms with Gasteiger partial charge in [-0.3, -0.25) is 9.69 Å². The van der Waals surface area contributed by atoms with Crippen LogP contribution in [0.5, 0.6) is 0 Å². The van der Waals surface area contributed by atoms with E-state index in [0.717, 1.165) is 23.9 Å².